The van der Waals surface area contributed by atoms with Gasteiger partial charge in [-0.25, -0.2) is 0 Å². The highest BCUT2D eigenvalue weighted by atomic mass is 35.5. The summed E-state index contributed by atoms with van der Waals surface area (Å²) in [5.41, 5.74) is 0.476. The number of ether oxygens (including phenoxy) is 2. The Morgan fingerprint density at radius 3 is 2.53 bits per heavy atom. The summed E-state index contributed by atoms with van der Waals surface area (Å²) in [6, 6.07) is 5.43. The maximum Gasteiger partial charge on any atom is 0.261 e. The molecule has 1 aromatic carbocycles. The Balaban J connectivity index is 2.37. The van der Waals surface area contributed by atoms with Gasteiger partial charge in [-0.3, -0.25) is 4.79 Å². The molecule has 19 heavy (non-hydrogen) atoms. The number of hydrogen-bond donors (Lipinski definition) is 0. The van der Waals surface area contributed by atoms with Crippen molar-refractivity contribution in [1.82, 2.24) is 4.90 Å². The summed E-state index contributed by atoms with van der Waals surface area (Å²) >= 11 is 5.93. The zero-order valence-electron chi connectivity index (χ0n) is 11.2. The van der Waals surface area contributed by atoms with E-state index in [4.69, 9.17) is 21.1 Å². The standard InChI is InChI=1S/C14H18ClNO3/c1-18-11-6-3-7-12(19-2)13(11)14(17)16-8-4-5-10(16)9-15/h3,6-7,10H,4-5,8-9H2,1-2H3/t10-/m0/s1. The molecule has 0 spiro atoms. The van der Waals surface area contributed by atoms with Gasteiger partial charge < -0.3 is 14.4 Å². The molecule has 0 saturated carbocycles. The van der Waals surface area contributed by atoms with Crippen LogP contribution in [0.1, 0.15) is 23.2 Å². The van der Waals surface area contributed by atoms with E-state index in [0.717, 1.165) is 19.4 Å². The van der Waals surface area contributed by atoms with E-state index in [0.29, 0.717) is 22.9 Å². The van der Waals surface area contributed by atoms with Crippen LogP contribution < -0.4 is 9.47 Å². The molecule has 4 nitrogen and oxygen atoms in total. The molecular formula is C14H18ClNO3. The molecule has 0 bridgehead atoms. The first-order valence-corrected chi connectivity index (χ1v) is 6.84. The maximum absolute atomic E-state index is 12.7. The van der Waals surface area contributed by atoms with E-state index in [1.807, 2.05) is 4.90 Å². The van der Waals surface area contributed by atoms with Crippen molar-refractivity contribution >= 4 is 17.5 Å². The van der Waals surface area contributed by atoms with Crippen molar-refractivity contribution < 1.29 is 14.3 Å². The normalized spacial score (nSPS) is 18.5. The number of amides is 1. The highest BCUT2D eigenvalue weighted by Gasteiger charge is 2.31. The molecule has 104 valence electrons. The largest absolute Gasteiger partial charge is 0.496 e. The Morgan fingerprint density at radius 2 is 2.00 bits per heavy atom. The monoisotopic (exact) mass is 283 g/mol. The maximum atomic E-state index is 12.7. The zero-order chi connectivity index (χ0) is 13.8. The van der Waals surface area contributed by atoms with E-state index in [1.165, 1.54) is 0 Å². The summed E-state index contributed by atoms with van der Waals surface area (Å²) in [7, 11) is 3.10. The second kappa shape index (κ2) is 6.15. The number of benzene rings is 1. The number of hydrogen-bond acceptors (Lipinski definition) is 3. The molecule has 0 aliphatic carbocycles. The Labute approximate surface area is 118 Å². The van der Waals surface area contributed by atoms with Crippen molar-refractivity contribution in [3.63, 3.8) is 0 Å². The fourth-order valence-corrected chi connectivity index (χ4v) is 2.79. The average Bonchev–Trinajstić information content (AvgIpc) is 2.93. The van der Waals surface area contributed by atoms with Gasteiger partial charge in [0.2, 0.25) is 0 Å². The molecule has 0 aromatic heterocycles. The first-order valence-electron chi connectivity index (χ1n) is 6.30. The molecule has 1 atom stereocenters. The van der Waals surface area contributed by atoms with Crippen LogP contribution in [0.5, 0.6) is 11.5 Å². The predicted octanol–water partition coefficient (Wildman–Crippen LogP) is 2.55. The van der Waals surface area contributed by atoms with Crippen LogP contribution in [0.3, 0.4) is 0 Å². The number of halogens is 1. The number of likely N-dealkylation sites (tertiary alicyclic amines) is 1. The van der Waals surface area contributed by atoms with Gasteiger partial charge >= 0.3 is 0 Å². The number of methoxy groups -OCH3 is 2. The van der Waals surface area contributed by atoms with Crippen LogP contribution in [0.25, 0.3) is 0 Å². The second-order valence-corrected chi connectivity index (χ2v) is 4.80. The summed E-state index contributed by atoms with van der Waals surface area (Å²) in [5.74, 6) is 1.45. The van der Waals surface area contributed by atoms with Gasteiger partial charge in [-0.05, 0) is 25.0 Å². The van der Waals surface area contributed by atoms with Crippen LogP contribution >= 0.6 is 11.6 Å². The van der Waals surface area contributed by atoms with Gasteiger partial charge in [0.15, 0.2) is 0 Å². The molecule has 1 aromatic rings. The summed E-state index contributed by atoms with van der Waals surface area (Å²) in [6.07, 6.45) is 1.94. The molecule has 1 aliphatic heterocycles. The average molecular weight is 284 g/mol. The Morgan fingerprint density at radius 1 is 1.37 bits per heavy atom. The van der Waals surface area contributed by atoms with Crippen molar-refractivity contribution in [2.45, 2.75) is 18.9 Å². The van der Waals surface area contributed by atoms with Crippen LogP contribution in [0, 0.1) is 0 Å². The van der Waals surface area contributed by atoms with Crippen LogP contribution in [-0.2, 0) is 0 Å². The van der Waals surface area contributed by atoms with Gasteiger partial charge in [-0.2, -0.15) is 0 Å². The highest BCUT2D eigenvalue weighted by molar-refractivity contribution is 6.18. The zero-order valence-corrected chi connectivity index (χ0v) is 11.9. The lowest BCUT2D eigenvalue weighted by Crippen LogP contribution is -2.36. The Kier molecular flexibility index (Phi) is 4.53. The van der Waals surface area contributed by atoms with Crippen LogP contribution in [0.2, 0.25) is 0 Å². The number of alkyl halides is 1. The molecule has 0 N–H and O–H groups in total. The number of nitrogens with zero attached hydrogens (tertiary/aromatic N) is 1. The first kappa shape index (κ1) is 14.0. The van der Waals surface area contributed by atoms with E-state index in [1.54, 1.807) is 32.4 Å². The van der Waals surface area contributed by atoms with Crippen molar-refractivity contribution in [1.29, 1.82) is 0 Å². The van der Waals surface area contributed by atoms with Gasteiger partial charge in [0.05, 0.1) is 14.2 Å². The first-order chi connectivity index (χ1) is 9.22. The van der Waals surface area contributed by atoms with Crippen molar-refractivity contribution in [2.24, 2.45) is 0 Å². The lowest BCUT2D eigenvalue weighted by molar-refractivity contribution is 0.0742. The lowest BCUT2D eigenvalue weighted by Gasteiger charge is -2.24. The summed E-state index contributed by atoms with van der Waals surface area (Å²) in [4.78, 5) is 14.5. The molecule has 0 radical (unpaired) electrons. The highest BCUT2D eigenvalue weighted by Crippen LogP contribution is 2.32. The van der Waals surface area contributed by atoms with E-state index < -0.39 is 0 Å². The quantitative estimate of drug-likeness (QED) is 0.797. The third kappa shape index (κ3) is 2.63. The van der Waals surface area contributed by atoms with E-state index in [-0.39, 0.29) is 11.9 Å². The van der Waals surface area contributed by atoms with Crippen LogP contribution in [-0.4, -0.2) is 43.5 Å². The number of carbonyl (C=O) groups is 1. The number of carbonyl (C=O) groups excluding carboxylic acids is 1. The van der Waals surface area contributed by atoms with Crippen molar-refractivity contribution in [3.8, 4) is 11.5 Å². The van der Waals surface area contributed by atoms with E-state index >= 15 is 0 Å². The summed E-state index contributed by atoms with van der Waals surface area (Å²) < 4.78 is 10.6. The third-order valence-electron chi connectivity index (χ3n) is 3.46. The lowest BCUT2D eigenvalue weighted by atomic mass is 10.1. The molecule has 1 fully saturated rings. The topological polar surface area (TPSA) is 38.8 Å². The molecule has 1 aliphatic rings. The minimum absolute atomic E-state index is 0.0718. The predicted molar refractivity (Wildman–Crippen MR) is 74.3 cm³/mol. The van der Waals surface area contributed by atoms with Gasteiger partial charge in [0, 0.05) is 18.5 Å². The Bertz CT molecular complexity index is 442. The van der Waals surface area contributed by atoms with Gasteiger partial charge in [0.1, 0.15) is 17.1 Å². The molecule has 1 heterocycles. The molecule has 0 unspecified atom stereocenters. The van der Waals surface area contributed by atoms with Gasteiger partial charge in [0.25, 0.3) is 5.91 Å². The van der Waals surface area contributed by atoms with E-state index in [2.05, 4.69) is 0 Å². The minimum atomic E-state index is -0.0718. The smallest absolute Gasteiger partial charge is 0.261 e. The van der Waals surface area contributed by atoms with Crippen molar-refractivity contribution in [2.75, 3.05) is 26.6 Å². The summed E-state index contributed by atoms with van der Waals surface area (Å²) in [6.45, 7) is 0.734. The van der Waals surface area contributed by atoms with Crippen LogP contribution in [0.4, 0.5) is 0 Å². The van der Waals surface area contributed by atoms with E-state index in [9.17, 15) is 4.79 Å². The molecule has 5 heteroatoms. The molecule has 1 saturated heterocycles. The van der Waals surface area contributed by atoms with Crippen molar-refractivity contribution in [3.05, 3.63) is 23.8 Å². The number of rotatable bonds is 4. The third-order valence-corrected chi connectivity index (χ3v) is 3.81. The molecular weight excluding hydrogens is 266 g/mol. The SMILES string of the molecule is COc1cccc(OC)c1C(=O)N1CCC[C@H]1CCl. The van der Waals surface area contributed by atoms with Gasteiger partial charge in [-0.15, -0.1) is 11.6 Å². The Hall–Kier alpha value is -1.42. The van der Waals surface area contributed by atoms with Crippen LogP contribution in [0.15, 0.2) is 18.2 Å². The summed E-state index contributed by atoms with van der Waals surface area (Å²) in [5, 5.41) is 0. The second-order valence-electron chi connectivity index (χ2n) is 4.49. The minimum Gasteiger partial charge on any atom is -0.496 e. The van der Waals surface area contributed by atoms with Gasteiger partial charge in [-0.1, -0.05) is 6.07 Å². The fourth-order valence-electron chi connectivity index (χ4n) is 2.47. The molecule has 2 rings (SSSR count). The fraction of sp³-hybridized carbons (Fsp3) is 0.500. The molecule has 1 amide bonds.